The molecule has 3 aromatic heterocycles. The molecule has 7 nitrogen and oxygen atoms in total. The largest absolute Gasteiger partial charge is 0.455 e. The molecular formula is C46H22N6O. The number of hydrogen-bond acceptors (Lipinski definition) is 4. The quantitative estimate of drug-likeness (QED) is 0.174. The summed E-state index contributed by atoms with van der Waals surface area (Å²) in [4.78, 5) is 3.81. The highest BCUT2D eigenvalue weighted by Crippen LogP contribution is 2.46. The Morgan fingerprint density at radius 1 is 0.528 bits per heavy atom. The predicted molar refractivity (Wildman–Crippen MR) is 208 cm³/mol. The lowest BCUT2D eigenvalue weighted by molar-refractivity contribution is 0.673. The number of para-hydroxylation sites is 4. The maximum Gasteiger partial charge on any atom is 0.189 e. The molecule has 10 rings (SSSR count). The van der Waals surface area contributed by atoms with Gasteiger partial charge in [0.1, 0.15) is 29.4 Å². The van der Waals surface area contributed by atoms with Gasteiger partial charge in [0, 0.05) is 43.7 Å². The summed E-state index contributed by atoms with van der Waals surface area (Å²) in [6, 6.07) is 50.1. The Bertz CT molecular complexity index is 3350. The number of benzene rings is 7. The van der Waals surface area contributed by atoms with Crippen LogP contribution in [0.25, 0.3) is 92.9 Å². The van der Waals surface area contributed by atoms with E-state index in [1.807, 2.05) is 102 Å². The topological polar surface area (TPSA) is 98.7 Å². The highest BCUT2D eigenvalue weighted by Gasteiger charge is 2.27. The molecule has 0 N–H and O–H groups in total. The van der Waals surface area contributed by atoms with Crippen molar-refractivity contribution in [3.05, 3.63) is 162 Å². The molecule has 0 aliphatic rings. The summed E-state index contributed by atoms with van der Waals surface area (Å²) in [7, 11) is 0. The third-order valence-electron chi connectivity index (χ3n) is 10.3. The first-order valence-corrected chi connectivity index (χ1v) is 16.9. The lowest BCUT2D eigenvalue weighted by atomic mass is 9.91. The predicted octanol–water partition coefficient (Wildman–Crippen LogP) is 11.6. The van der Waals surface area contributed by atoms with Crippen molar-refractivity contribution in [2.75, 3.05) is 0 Å². The van der Waals surface area contributed by atoms with E-state index in [1.54, 1.807) is 12.1 Å². The zero-order chi connectivity index (χ0) is 35.8. The molecule has 10 aromatic rings. The molecule has 0 aliphatic heterocycles. The van der Waals surface area contributed by atoms with E-state index in [1.165, 1.54) is 0 Å². The molecule has 0 atom stereocenters. The average Bonchev–Trinajstić information content (AvgIpc) is 3.87. The Morgan fingerprint density at radius 2 is 1.15 bits per heavy atom. The number of nitriles is 3. The molecule has 0 radical (unpaired) electrons. The monoisotopic (exact) mass is 674 g/mol. The first-order chi connectivity index (χ1) is 26.1. The Kier molecular flexibility index (Phi) is 6.30. The molecule has 0 saturated heterocycles. The van der Waals surface area contributed by atoms with Crippen LogP contribution in [0.15, 0.2) is 138 Å². The van der Waals surface area contributed by atoms with Gasteiger partial charge in [-0.15, -0.1) is 0 Å². The second-order valence-electron chi connectivity index (χ2n) is 12.9. The van der Waals surface area contributed by atoms with Crippen molar-refractivity contribution in [3.8, 4) is 40.7 Å². The van der Waals surface area contributed by atoms with Crippen molar-refractivity contribution in [2.24, 2.45) is 0 Å². The molecule has 242 valence electrons. The molecule has 0 unspecified atom stereocenters. The third-order valence-corrected chi connectivity index (χ3v) is 10.3. The highest BCUT2D eigenvalue weighted by atomic mass is 16.3. The summed E-state index contributed by atoms with van der Waals surface area (Å²) < 4.78 is 10.7. The number of rotatable bonds is 3. The van der Waals surface area contributed by atoms with Crippen LogP contribution in [0, 0.1) is 40.6 Å². The molecule has 7 heteroatoms. The molecule has 0 aliphatic carbocycles. The van der Waals surface area contributed by atoms with Gasteiger partial charge < -0.3 is 13.6 Å². The van der Waals surface area contributed by atoms with Crippen LogP contribution in [-0.4, -0.2) is 9.13 Å². The van der Waals surface area contributed by atoms with Gasteiger partial charge in [0.2, 0.25) is 0 Å². The Labute approximate surface area is 302 Å². The van der Waals surface area contributed by atoms with E-state index in [9.17, 15) is 15.8 Å². The Morgan fingerprint density at radius 3 is 1.81 bits per heavy atom. The van der Waals surface area contributed by atoms with Crippen molar-refractivity contribution >= 4 is 71.2 Å². The fraction of sp³-hybridized carbons (Fsp3) is 0. The Hall–Kier alpha value is -8.10. The minimum atomic E-state index is 0.000637. The highest BCUT2D eigenvalue weighted by molar-refractivity contribution is 6.24. The lowest BCUT2D eigenvalue weighted by Gasteiger charge is -2.21. The van der Waals surface area contributed by atoms with Gasteiger partial charge in [0.25, 0.3) is 0 Å². The first kappa shape index (κ1) is 29.8. The summed E-state index contributed by atoms with van der Waals surface area (Å²) in [6.07, 6.45) is 0. The summed E-state index contributed by atoms with van der Waals surface area (Å²) in [5.74, 6) is 0. The maximum atomic E-state index is 11.0. The van der Waals surface area contributed by atoms with E-state index in [4.69, 9.17) is 11.0 Å². The summed E-state index contributed by atoms with van der Waals surface area (Å²) >= 11 is 0. The summed E-state index contributed by atoms with van der Waals surface area (Å²) in [5, 5.41) is 37.7. The van der Waals surface area contributed by atoms with Crippen LogP contribution < -0.4 is 0 Å². The van der Waals surface area contributed by atoms with Crippen LogP contribution >= 0.6 is 0 Å². The van der Waals surface area contributed by atoms with Crippen LogP contribution in [0.3, 0.4) is 0 Å². The lowest BCUT2D eigenvalue weighted by Crippen LogP contribution is -2.07. The van der Waals surface area contributed by atoms with E-state index in [0.29, 0.717) is 28.2 Å². The minimum absolute atomic E-state index is 0.000637. The van der Waals surface area contributed by atoms with Crippen molar-refractivity contribution in [1.82, 2.24) is 9.13 Å². The van der Waals surface area contributed by atoms with Crippen LogP contribution in [0.4, 0.5) is 5.69 Å². The van der Waals surface area contributed by atoms with Crippen LogP contribution in [0.5, 0.6) is 0 Å². The smallest absolute Gasteiger partial charge is 0.189 e. The molecule has 53 heavy (non-hydrogen) atoms. The molecule has 3 heterocycles. The fourth-order valence-electron chi connectivity index (χ4n) is 8.08. The second kappa shape index (κ2) is 11.2. The zero-order valence-electron chi connectivity index (χ0n) is 27.8. The number of hydrogen-bond donors (Lipinski definition) is 0. The van der Waals surface area contributed by atoms with Crippen molar-refractivity contribution < 1.29 is 4.42 Å². The number of fused-ring (bicyclic) bond motifs is 10. The van der Waals surface area contributed by atoms with E-state index in [-0.39, 0.29) is 16.7 Å². The maximum absolute atomic E-state index is 11.0. The van der Waals surface area contributed by atoms with Gasteiger partial charge in [0.15, 0.2) is 5.69 Å². The second-order valence-corrected chi connectivity index (χ2v) is 12.9. The van der Waals surface area contributed by atoms with Gasteiger partial charge in [-0.2, -0.15) is 15.8 Å². The molecule has 7 aromatic carbocycles. The van der Waals surface area contributed by atoms with Gasteiger partial charge >= 0.3 is 0 Å². The Balaban J connectivity index is 1.41. The van der Waals surface area contributed by atoms with E-state index in [0.717, 1.165) is 65.6 Å². The van der Waals surface area contributed by atoms with Gasteiger partial charge in [0.05, 0.1) is 56.4 Å². The average molecular weight is 675 g/mol. The SMILES string of the molecule is [C-]#[N+]c1ccc(-c2cc(C#N)c(C#N)c(C#N)c2-n2c3ccccc3c3c4oc5ccccc5c4ccc32)c(-n2c3ccccc3c3ccccc32)c1. The fourth-order valence-corrected chi connectivity index (χ4v) is 8.08. The third kappa shape index (κ3) is 4.05. The van der Waals surface area contributed by atoms with E-state index < -0.39 is 0 Å². The summed E-state index contributed by atoms with van der Waals surface area (Å²) in [6.45, 7) is 7.97. The van der Waals surface area contributed by atoms with Gasteiger partial charge in [-0.3, -0.25) is 0 Å². The van der Waals surface area contributed by atoms with Crippen molar-refractivity contribution in [2.45, 2.75) is 0 Å². The van der Waals surface area contributed by atoms with Crippen molar-refractivity contribution in [3.63, 3.8) is 0 Å². The molecule has 0 amide bonds. The normalized spacial score (nSPS) is 11.3. The van der Waals surface area contributed by atoms with Gasteiger partial charge in [-0.1, -0.05) is 84.9 Å². The van der Waals surface area contributed by atoms with E-state index in [2.05, 4.69) is 51.9 Å². The van der Waals surface area contributed by atoms with Gasteiger partial charge in [-0.05, 0) is 48.5 Å². The van der Waals surface area contributed by atoms with Crippen LogP contribution in [0.2, 0.25) is 0 Å². The van der Waals surface area contributed by atoms with Gasteiger partial charge in [-0.25, -0.2) is 4.85 Å². The first-order valence-electron chi connectivity index (χ1n) is 16.9. The molecule has 0 spiro atoms. The molecular weight excluding hydrogens is 653 g/mol. The molecule has 0 fully saturated rings. The van der Waals surface area contributed by atoms with Crippen LogP contribution in [0.1, 0.15) is 16.7 Å². The number of aromatic nitrogens is 2. The number of nitrogens with zero attached hydrogens (tertiary/aromatic N) is 6. The van der Waals surface area contributed by atoms with E-state index >= 15 is 0 Å². The van der Waals surface area contributed by atoms with Crippen LogP contribution in [-0.2, 0) is 0 Å². The molecule has 0 bridgehead atoms. The van der Waals surface area contributed by atoms with Crippen molar-refractivity contribution in [1.29, 1.82) is 15.8 Å². The standard InChI is InChI=1S/C46H22N6O/c1-50-28-18-19-31(42(23-28)51-38-14-6-2-10-29(38)30-11-3-7-15-39(30)51)35-22-27(24-47)36(25-48)37(26-49)45(35)52-40-16-8-4-13-34(40)44-41(52)21-20-33-32-12-5-9-17-43(32)53-46(33)44/h2-23H. The minimum Gasteiger partial charge on any atom is -0.455 e. The zero-order valence-corrected chi connectivity index (χ0v) is 27.8. The summed E-state index contributed by atoms with van der Waals surface area (Å²) in [5.41, 5.74) is 7.98. The molecule has 0 saturated carbocycles. The number of furan rings is 1.